The summed E-state index contributed by atoms with van der Waals surface area (Å²) in [7, 11) is 0.662. The van der Waals surface area contributed by atoms with Gasteiger partial charge in [-0.2, -0.15) is 12.7 Å². The SMILES string of the molecule is CNCC1CCCN(S(=O)(=O)NCC(C)N(C)C2CC2)C1. The molecule has 1 aliphatic carbocycles. The number of nitrogens with one attached hydrogen (secondary N) is 2. The van der Waals surface area contributed by atoms with E-state index in [4.69, 9.17) is 0 Å². The number of nitrogens with zero attached hydrogens (tertiary/aromatic N) is 2. The molecule has 2 atom stereocenters. The summed E-state index contributed by atoms with van der Waals surface area (Å²) in [5, 5.41) is 3.15. The molecule has 1 aliphatic heterocycles. The first kappa shape index (κ1) is 17.1. The molecule has 2 N–H and O–H groups in total. The Labute approximate surface area is 129 Å². The lowest BCUT2D eigenvalue weighted by Crippen LogP contribution is -2.50. The molecule has 0 aromatic carbocycles. The van der Waals surface area contributed by atoms with E-state index in [-0.39, 0.29) is 6.04 Å². The molecule has 2 rings (SSSR count). The molecule has 0 amide bonds. The average molecular weight is 318 g/mol. The third-order valence-electron chi connectivity index (χ3n) is 4.69. The first-order valence-electron chi connectivity index (χ1n) is 8.05. The standard InChI is InChI=1S/C14H30N4O2S/c1-12(17(3)14-6-7-14)9-16-21(19,20)18-8-4-5-13(11-18)10-15-2/h12-16H,4-11H2,1-3H3. The first-order chi connectivity index (χ1) is 9.94. The Morgan fingerprint density at radius 1 is 1.33 bits per heavy atom. The maximum Gasteiger partial charge on any atom is 0.279 e. The van der Waals surface area contributed by atoms with E-state index in [1.165, 1.54) is 12.8 Å². The van der Waals surface area contributed by atoms with E-state index in [9.17, 15) is 8.42 Å². The molecule has 0 bridgehead atoms. The minimum Gasteiger partial charge on any atom is -0.319 e. The summed E-state index contributed by atoms with van der Waals surface area (Å²) in [6.45, 7) is 4.72. The van der Waals surface area contributed by atoms with E-state index in [0.29, 0.717) is 31.6 Å². The third kappa shape index (κ3) is 4.89. The second-order valence-corrected chi connectivity index (χ2v) is 8.28. The molecule has 21 heavy (non-hydrogen) atoms. The van der Waals surface area contributed by atoms with Gasteiger partial charge in [-0.15, -0.1) is 0 Å². The molecule has 0 aromatic rings. The molecule has 6 nitrogen and oxygen atoms in total. The van der Waals surface area contributed by atoms with E-state index in [1.807, 2.05) is 7.05 Å². The van der Waals surface area contributed by atoms with Crippen molar-refractivity contribution >= 4 is 10.2 Å². The Hall–Kier alpha value is -0.210. The molecule has 0 aromatic heterocycles. The molecule has 2 aliphatic rings. The van der Waals surface area contributed by atoms with E-state index in [1.54, 1.807) is 4.31 Å². The van der Waals surface area contributed by atoms with E-state index >= 15 is 0 Å². The summed E-state index contributed by atoms with van der Waals surface area (Å²) in [4.78, 5) is 2.28. The number of piperidine rings is 1. The van der Waals surface area contributed by atoms with Crippen LogP contribution in [0.5, 0.6) is 0 Å². The Kier molecular flexibility index (Phi) is 6.02. The molecule has 1 saturated heterocycles. The van der Waals surface area contributed by atoms with Crippen molar-refractivity contribution in [3.05, 3.63) is 0 Å². The molecule has 7 heteroatoms. The summed E-state index contributed by atoms with van der Waals surface area (Å²) in [6, 6.07) is 0.893. The Morgan fingerprint density at radius 2 is 2.05 bits per heavy atom. The molecule has 0 radical (unpaired) electrons. The Morgan fingerprint density at radius 3 is 2.67 bits per heavy atom. The highest BCUT2D eigenvalue weighted by Crippen LogP contribution is 2.26. The fourth-order valence-corrected chi connectivity index (χ4v) is 4.41. The first-order valence-corrected chi connectivity index (χ1v) is 9.49. The van der Waals surface area contributed by atoms with Crippen LogP contribution in [-0.4, -0.2) is 70.0 Å². The zero-order chi connectivity index (χ0) is 15.5. The molecule has 0 spiro atoms. The van der Waals surface area contributed by atoms with Crippen LogP contribution in [0.1, 0.15) is 32.6 Å². The molecular weight excluding hydrogens is 288 g/mol. The largest absolute Gasteiger partial charge is 0.319 e. The van der Waals surface area contributed by atoms with Crippen LogP contribution in [-0.2, 0) is 10.2 Å². The highest BCUT2D eigenvalue weighted by atomic mass is 32.2. The smallest absolute Gasteiger partial charge is 0.279 e. The van der Waals surface area contributed by atoms with Gasteiger partial charge in [-0.05, 0) is 59.2 Å². The molecule has 124 valence electrons. The predicted octanol–water partition coefficient (Wildman–Crippen LogP) is 0.235. The quantitative estimate of drug-likeness (QED) is 0.673. The summed E-state index contributed by atoms with van der Waals surface area (Å²) in [5.41, 5.74) is 0. The number of hydrogen-bond acceptors (Lipinski definition) is 4. The van der Waals surface area contributed by atoms with Crippen LogP contribution in [0.3, 0.4) is 0 Å². The van der Waals surface area contributed by atoms with Crippen LogP contribution in [0.15, 0.2) is 0 Å². The summed E-state index contributed by atoms with van der Waals surface area (Å²) in [5.74, 6) is 0.423. The van der Waals surface area contributed by atoms with Crippen molar-refractivity contribution in [3.8, 4) is 0 Å². The fourth-order valence-electron chi connectivity index (χ4n) is 3.00. The third-order valence-corrected chi connectivity index (χ3v) is 6.24. The number of hydrogen-bond donors (Lipinski definition) is 2. The van der Waals surface area contributed by atoms with Crippen LogP contribution in [0.4, 0.5) is 0 Å². The van der Waals surface area contributed by atoms with Gasteiger partial charge in [0.2, 0.25) is 0 Å². The van der Waals surface area contributed by atoms with Crippen molar-refractivity contribution in [2.75, 3.05) is 40.3 Å². The second kappa shape index (κ2) is 7.37. The van der Waals surface area contributed by atoms with Crippen molar-refractivity contribution in [2.24, 2.45) is 5.92 Å². The Bertz CT molecular complexity index is 423. The van der Waals surface area contributed by atoms with Crippen molar-refractivity contribution in [2.45, 2.75) is 44.7 Å². The minimum absolute atomic E-state index is 0.241. The van der Waals surface area contributed by atoms with Gasteiger partial charge >= 0.3 is 0 Å². The molecule has 2 unspecified atom stereocenters. The van der Waals surface area contributed by atoms with Crippen molar-refractivity contribution in [3.63, 3.8) is 0 Å². The predicted molar refractivity (Wildman–Crippen MR) is 85.4 cm³/mol. The van der Waals surface area contributed by atoms with Crippen LogP contribution in [0.2, 0.25) is 0 Å². The molecule has 1 heterocycles. The summed E-state index contributed by atoms with van der Waals surface area (Å²) < 4.78 is 29.3. The lowest BCUT2D eigenvalue weighted by Gasteiger charge is -2.32. The fraction of sp³-hybridized carbons (Fsp3) is 1.00. The van der Waals surface area contributed by atoms with Gasteiger partial charge in [-0.25, -0.2) is 4.72 Å². The van der Waals surface area contributed by atoms with Gasteiger partial charge in [0.1, 0.15) is 0 Å². The topological polar surface area (TPSA) is 64.7 Å². The van der Waals surface area contributed by atoms with Crippen molar-refractivity contribution < 1.29 is 8.42 Å². The van der Waals surface area contributed by atoms with Crippen LogP contribution in [0, 0.1) is 5.92 Å². The highest BCUT2D eigenvalue weighted by Gasteiger charge is 2.31. The van der Waals surface area contributed by atoms with Gasteiger partial charge in [0.25, 0.3) is 10.2 Å². The second-order valence-electron chi connectivity index (χ2n) is 6.52. The van der Waals surface area contributed by atoms with E-state index in [0.717, 1.165) is 19.4 Å². The zero-order valence-corrected chi connectivity index (χ0v) is 14.3. The monoisotopic (exact) mass is 318 g/mol. The summed E-state index contributed by atoms with van der Waals surface area (Å²) >= 11 is 0. The van der Waals surface area contributed by atoms with Crippen molar-refractivity contribution in [1.29, 1.82) is 0 Å². The number of likely N-dealkylation sites (N-methyl/N-ethyl adjacent to an activating group) is 1. The van der Waals surface area contributed by atoms with Gasteiger partial charge in [0, 0.05) is 31.7 Å². The molecular formula is C14H30N4O2S. The minimum atomic E-state index is -3.34. The lowest BCUT2D eigenvalue weighted by molar-refractivity contribution is 0.240. The van der Waals surface area contributed by atoms with Crippen molar-refractivity contribution in [1.82, 2.24) is 19.2 Å². The van der Waals surface area contributed by atoms with Crippen LogP contribution < -0.4 is 10.0 Å². The van der Waals surface area contributed by atoms with Gasteiger partial charge in [0.15, 0.2) is 0 Å². The maximum atomic E-state index is 12.4. The van der Waals surface area contributed by atoms with Crippen LogP contribution >= 0.6 is 0 Å². The van der Waals surface area contributed by atoms with E-state index < -0.39 is 10.2 Å². The maximum absolute atomic E-state index is 12.4. The van der Waals surface area contributed by atoms with Gasteiger partial charge in [-0.1, -0.05) is 0 Å². The van der Waals surface area contributed by atoms with Gasteiger partial charge < -0.3 is 5.32 Å². The lowest BCUT2D eigenvalue weighted by atomic mass is 10.00. The normalized spacial score (nSPS) is 26.2. The van der Waals surface area contributed by atoms with Gasteiger partial charge in [-0.3, -0.25) is 4.90 Å². The van der Waals surface area contributed by atoms with Gasteiger partial charge in [0.05, 0.1) is 0 Å². The highest BCUT2D eigenvalue weighted by molar-refractivity contribution is 7.87. The average Bonchev–Trinajstić information content (AvgIpc) is 3.29. The Balaban J connectivity index is 1.82. The molecule has 1 saturated carbocycles. The van der Waals surface area contributed by atoms with Crippen LogP contribution in [0.25, 0.3) is 0 Å². The number of rotatable bonds is 8. The summed E-state index contributed by atoms with van der Waals surface area (Å²) in [6.07, 6.45) is 4.54. The van der Waals surface area contributed by atoms with E-state index in [2.05, 4.69) is 28.9 Å². The molecule has 2 fully saturated rings. The zero-order valence-electron chi connectivity index (χ0n) is 13.5.